The molecular formula is C15H27N3O2. The summed E-state index contributed by atoms with van der Waals surface area (Å²) in [6.07, 6.45) is 7.81. The first-order valence-electron chi connectivity index (χ1n) is 7.91. The second-order valence-corrected chi connectivity index (χ2v) is 5.55. The highest BCUT2D eigenvalue weighted by Crippen LogP contribution is 2.38. The van der Waals surface area contributed by atoms with Gasteiger partial charge in [-0.25, -0.2) is 0 Å². The van der Waals surface area contributed by atoms with Crippen LogP contribution >= 0.6 is 0 Å². The van der Waals surface area contributed by atoms with Crippen molar-refractivity contribution in [2.45, 2.75) is 70.4 Å². The van der Waals surface area contributed by atoms with E-state index < -0.39 is 0 Å². The van der Waals surface area contributed by atoms with Gasteiger partial charge in [0.25, 0.3) is 0 Å². The summed E-state index contributed by atoms with van der Waals surface area (Å²) in [5.74, 6) is 1.42. The van der Waals surface area contributed by atoms with E-state index in [0.717, 1.165) is 25.1 Å². The van der Waals surface area contributed by atoms with Gasteiger partial charge in [-0.05, 0) is 33.2 Å². The van der Waals surface area contributed by atoms with Crippen molar-refractivity contribution in [2.75, 3.05) is 13.7 Å². The number of rotatable bonds is 6. The van der Waals surface area contributed by atoms with Gasteiger partial charge in [0.1, 0.15) is 5.60 Å². The summed E-state index contributed by atoms with van der Waals surface area (Å²) < 4.78 is 11.6. The molecule has 0 amide bonds. The van der Waals surface area contributed by atoms with Crippen molar-refractivity contribution < 1.29 is 9.26 Å². The lowest BCUT2D eigenvalue weighted by atomic mass is 9.93. The Kier molecular flexibility index (Phi) is 5.54. The molecule has 0 aromatic carbocycles. The maximum Gasteiger partial charge on any atom is 0.243 e. The third-order valence-corrected chi connectivity index (χ3v) is 4.24. The number of hydrogen-bond donors (Lipinski definition) is 1. The number of nitrogens with one attached hydrogen (secondary N) is 1. The van der Waals surface area contributed by atoms with Crippen LogP contribution in [0.1, 0.15) is 76.6 Å². The summed E-state index contributed by atoms with van der Waals surface area (Å²) in [5.41, 5.74) is -0.334. The average molecular weight is 281 g/mol. The normalized spacial score (nSPS) is 20.6. The van der Waals surface area contributed by atoms with Crippen LogP contribution < -0.4 is 5.32 Å². The molecule has 2 rings (SSSR count). The fourth-order valence-electron chi connectivity index (χ4n) is 3.07. The Morgan fingerprint density at radius 3 is 2.50 bits per heavy atom. The SMILES string of the molecule is CCOC1(c2noc(C(CC)NC)n2)CCCCCC1. The quantitative estimate of drug-likeness (QED) is 0.810. The molecule has 0 aliphatic heterocycles. The molecule has 1 unspecified atom stereocenters. The van der Waals surface area contributed by atoms with Gasteiger partial charge in [-0.1, -0.05) is 37.8 Å². The molecule has 0 spiro atoms. The lowest BCUT2D eigenvalue weighted by molar-refractivity contribution is -0.0636. The second kappa shape index (κ2) is 7.18. The molecule has 1 atom stereocenters. The van der Waals surface area contributed by atoms with Crippen LogP contribution in [0.3, 0.4) is 0 Å². The Hall–Kier alpha value is -0.940. The maximum atomic E-state index is 6.09. The van der Waals surface area contributed by atoms with E-state index in [9.17, 15) is 0 Å². The van der Waals surface area contributed by atoms with Crippen LogP contribution in [0.25, 0.3) is 0 Å². The topological polar surface area (TPSA) is 60.2 Å². The fourth-order valence-corrected chi connectivity index (χ4v) is 3.07. The Labute approximate surface area is 121 Å². The molecule has 5 heteroatoms. The molecule has 1 aliphatic carbocycles. The van der Waals surface area contributed by atoms with Crippen LogP contribution in [-0.2, 0) is 10.3 Å². The molecule has 114 valence electrons. The van der Waals surface area contributed by atoms with Crippen molar-refractivity contribution >= 4 is 0 Å². The lowest BCUT2D eigenvalue weighted by Gasteiger charge is -2.29. The summed E-state index contributed by atoms with van der Waals surface area (Å²) in [6, 6.07) is 0.126. The van der Waals surface area contributed by atoms with Crippen LogP contribution in [0.2, 0.25) is 0 Å². The molecular weight excluding hydrogens is 254 g/mol. The van der Waals surface area contributed by atoms with Crippen molar-refractivity contribution in [3.8, 4) is 0 Å². The van der Waals surface area contributed by atoms with E-state index in [1.165, 1.54) is 25.7 Å². The van der Waals surface area contributed by atoms with Crippen LogP contribution in [0, 0.1) is 0 Å². The summed E-state index contributed by atoms with van der Waals surface area (Å²) in [6.45, 7) is 4.83. The molecule has 1 aliphatic rings. The molecule has 1 saturated carbocycles. The van der Waals surface area contributed by atoms with Gasteiger partial charge in [0.05, 0.1) is 6.04 Å². The van der Waals surface area contributed by atoms with Gasteiger partial charge in [0.2, 0.25) is 11.7 Å². The van der Waals surface area contributed by atoms with Gasteiger partial charge in [0.15, 0.2) is 0 Å². The van der Waals surface area contributed by atoms with E-state index in [1.807, 2.05) is 14.0 Å². The zero-order valence-corrected chi connectivity index (χ0v) is 12.9. The highest BCUT2D eigenvalue weighted by atomic mass is 16.5. The van der Waals surface area contributed by atoms with Crippen molar-refractivity contribution in [3.63, 3.8) is 0 Å². The van der Waals surface area contributed by atoms with Gasteiger partial charge in [-0.3, -0.25) is 0 Å². The maximum absolute atomic E-state index is 6.09. The lowest BCUT2D eigenvalue weighted by Crippen LogP contribution is -2.31. The Bertz CT molecular complexity index is 394. The number of nitrogens with zero attached hydrogens (tertiary/aromatic N) is 2. The summed E-state index contributed by atoms with van der Waals surface area (Å²) in [5, 5.41) is 7.44. The van der Waals surface area contributed by atoms with E-state index >= 15 is 0 Å². The fraction of sp³-hybridized carbons (Fsp3) is 0.867. The van der Waals surface area contributed by atoms with Gasteiger partial charge in [0, 0.05) is 6.61 Å². The van der Waals surface area contributed by atoms with E-state index in [1.54, 1.807) is 0 Å². The Morgan fingerprint density at radius 2 is 1.95 bits per heavy atom. The summed E-state index contributed by atoms with van der Waals surface area (Å²) in [4.78, 5) is 4.64. The third-order valence-electron chi connectivity index (χ3n) is 4.24. The van der Waals surface area contributed by atoms with Crippen molar-refractivity contribution in [1.82, 2.24) is 15.5 Å². The molecule has 0 saturated heterocycles. The van der Waals surface area contributed by atoms with Crippen LogP contribution in [0.5, 0.6) is 0 Å². The zero-order chi connectivity index (χ0) is 14.4. The third kappa shape index (κ3) is 3.20. The van der Waals surface area contributed by atoms with Crippen molar-refractivity contribution in [1.29, 1.82) is 0 Å². The zero-order valence-electron chi connectivity index (χ0n) is 12.9. The molecule has 20 heavy (non-hydrogen) atoms. The van der Waals surface area contributed by atoms with E-state index in [0.29, 0.717) is 12.5 Å². The highest BCUT2D eigenvalue weighted by Gasteiger charge is 2.38. The van der Waals surface area contributed by atoms with Crippen molar-refractivity contribution in [3.05, 3.63) is 11.7 Å². The molecule has 5 nitrogen and oxygen atoms in total. The minimum absolute atomic E-state index is 0.126. The minimum Gasteiger partial charge on any atom is -0.367 e. The molecule has 1 fully saturated rings. The summed E-state index contributed by atoms with van der Waals surface area (Å²) >= 11 is 0. The predicted octanol–water partition coefficient (Wildman–Crippen LogP) is 3.33. The van der Waals surface area contributed by atoms with Gasteiger partial charge in [-0.2, -0.15) is 4.98 Å². The van der Waals surface area contributed by atoms with E-state index in [4.69, 9.17) is 9.26 Å². The standard InChI is InChI=1S/C15H27N3O2/c1-4-12(16-3)13-17-14(18-20-13)15(19-5-2)10-8-6-7-9-11-15/h12,16H,4-11H2,1-3H3. The van der Waals surface area contributed by atoms with Gasteiger partial charge >= 0.3 is 0 Å². The van der Waals surface area contributed by atoms with Gasteiger partial charge in [-0.15, -0.1) is 0 Å². The van der Waals surface area contributed by atoms with Crippen LogP contribution in [0.4, 0.5) is 0 Å². The number of ether oxygens (including phenoxy) is 1. The first-order chi connectivity index (χ1) is 9.75. The highest BCUT2D eigenvalue weighted by molar-refractivity contribution is 5.04. The monoisotopic (exact) mass is 281 g/mol. The molecule has 1 aromatic heterocycles. The van der Waals surface area contributed by atoms with Crippen LogP contribution in [-0.4, -0.2) is 23.8 Å². The number of hydrogen-bond acceptors (Lipinski definition) is 5. The molecule has 1 N–H and O–H groups in total. The van der Waals surface area contributed by atoms with E-state index in [-0.39, 0.29) is 11.6 Å². The first kappa shape index (κ1) is 15.4. The molecule has 0 bridgehead atoms. The van der Waals surface area contributed by atoms with Crippen molar-refractivity contribution in [2.24, 2.45) is 0 Å². The van der Waals surface area contributed by atoms with E-state index in [2.05, 4.69) is 22.4 Å². The Morgan fingerprint density at radius 1 is 1.25 bits per heavy atom. The summed E-state index contributed by atoms with van der Waals surface area (Å²) in [7, 11) is 1.92. The Balaban J connectivity index is 2.24. The average Bonchev–Trinajstić information content (AvgIpc) is 2.82. The smallest absolute Gasteiger partial charge is 0.243 e. The molecule has 1 aromatic rings. The largest absolute Gasteiger partial charge is 0.367 e. The minimum atomic E-state index is -0.334. The second-order valence-electron chi connectivity index (χ2n) is 5.55. The molecule has 0 radical (unpaired) electrons. The van der Waals surface area contributed by atoms with Crippen LogP contribution in [0.15, 0.2) is 4.52 Å². The predicted molar refractivity (Wildman–Crippen MR) is 77.4 cm³/mol. The first-order valence-corrected chi connectivity index (χ1v) is 7.91. The molecule has 1 heterocycles. The number of aromatic nitrogens is 2. The van der Waals surface area contributed by atoms with Gasteiger partial charge < -0.3 is 14.6 Å².